The van der Waals surface area contributed by atoms with E-state index < -0.39 is 30.0 Å². The summed E-state index contributed by atoms with van der Waals surface area (Å²) in [4.78, 5) is 21.0. The Hall–Kier alpha value is -1.53. The second-order valence-corrected chi connectivity index (χ2v) is 2.88. The molecule has 0 bridgehead atoms. The van der Waals surface area contributed by atoms with Crippen LogP contribution >= 0.6 is 0 Å². The molecule has 0 aromatic rings. The molecular weight excluding hydrogens is 215 g/mol. The lowest BCUT2D eigenvalue weighted by molar-refractivity contribution is -0.175. The highest BCUT2D eigenvalue weighted by Gasteiger charge is 2.41. The molecule has 0 saturated heterocycles. The lowest BCUT2D eigenvalue weighted by Crippen LogP contribution is -2.49. The number of hydrogen-bond acceptors (Lipinski definition) is 2. The van der Waals surface area contributed by atoms with Crippen molar-refractivity contribution in [1.29, 1.82) is 0 Å². The quantitative estimate of drug-likeness (QED) is 0.700. The van der Waals surface area contributed by atoms with E-state index in [1.165, 1.54) is 12.2 Å². The van der Waals surface area contributed by atoms with Crippen molar-refractivity contribution in [3.8, 4) is 0 Å². The smallest absolute Gasteiger partial charge is 0.471 e. The Balaban J connectivity index is 4.64. The number of hydrogen-bond donors (Lipinski definition) is 2. The van der Waals surface area contributed by atoms with E-state index in [-0.39, 0.29) is 0 Å². The Labute approximate surface area is 83.8 Å². The highest BCUT2D eigenvalue weighted by atomic mass is 19.4. The van der Waals surface area contributed by atoms with Crippen LogP contribution in [0.25, 0.3) is 0 Å². The molecule has 0 rings (SSSR count). The van der Waals surface area contributed by atoms with Crippen LogP contribution in [0, 0.1) is 5.92 Å². The predicted octanol–water partition coefficient (Wildman–Crippen LogP) is 0.940. The van der Waals surface area contributed by atoms with Crippen molar-refractivity contribution in [2.24, 2.45) is 5.92 Å². The fraction of sp³-hybridized carbons (Fsp3) is 0.500. The molecule has 2 atom stereocenters. The minimum atomic E-state index is -5.09. The fourth-order valence-corrected chi connectivity index (χ4v) is 0.777. The maximum atomic E-state index is 11.8. The molecule has 0 spiro atoms. The number of carbonyl (C=O) groups is 2. The number of halogens is 3. The zero-order valence-corrected chi connectivity index (χ0v) is 7.84. The van der Waals surface area contributed by atoms with Gasteiger partial charge in [-0.3, -0.25) is 4.79 Å². The van der Waals surface area contributed by atoms with Gasteiger partial charge in [-0.25, -0.2) is 4.79 Å². The Morgan fingerprint density at radius 2 is 1.93 bits per heavy atom. The first-order valence-corrected chi connectivity index (χ1v) is 3.93. The summed E-state index contributed by atoms with van der Waals surface area (Å²) in [5, 5.41) is 9.93. The van der Waals surface area contributed by atoms with Gasteiger partial charge in [-0.05, 0) is 0 Å². The number of nitrogens with one attached hydrogen (secondary N) is 1. The first kappa shape index (κ1) is 13.5. The van der Waals surface area contributed by atoms with Crippen molar-refractivity contribution < 1.29 is 27.9 Å². The topological polar surface area (TPSA) is 66.4 Å². The van der Waals surface area contributed by atoms with Crippen LogP contribution in [-0.4, -0.2) is 29.2 Å². The molecule has 0 aliphatic rings. The third kappa shape index (κ3) is 4.01. The van der Waals surface area contributed by atoms with Crippen LogP contribution in [0.1, 0.15) is 6.92 Å². The monoisotopic (exact) mass is 225 g/mol. The van der Waals surface area contributed by atoms with E-state index in [0.29, 0.717) is 0 Å². The number of carboxylic acids is 1. The highest BCUT2D eigenvalue weighted by Crippen LogP contribution is 2.16. The fourth-order valence-electron chi connectivity index (χ4n) is 0.777. The molecule has 4 nitrogen and oxygen atoms in total. The van der Waals surface area contributed by atoms with Gasteiger partial charge >= 0.3 is 18.1 Å². The van der Waals surface area contributed by atoms with Crippen LogP contribution in [0.15, 0.2) is 12.7 Å². The predicted molar refractivity (Wildman–Crippen MR) is 45.0 cm³/mol. The molecule has 0 radical (unpaired) electrons. The van der Waals surface area contributed by atoms with Crippen molar-refractivity contribution in [3.63, 3.8) is 0 Å². The SMILES string of the molecule is C=C[C@H](C)[C@H](NC(=O)C(F)(F)F)C(=O)O. The normalized spacial score (nSPS) is 15.2. The number of amides is 1. The summed E-state index contributed by atoms with van der Waals surface area (Å²) in [6.45, 7) is 4.57. The average molecular weight is 225 g/mol. The van der Waals surface area contributed by atoms with Gasteiger partial charge in [-0.15, -0.1) is 6.58 Å². The summed E-state index contributed by atoms with van der Waals surface area (Å²) in [7, 11) is 0. The van der Waals surface area contributed by atoms with Gasteiger partial charge in [0.2, 0.25) is 0 Å². The number of alkyl halides is 3. The molecule has 0 unspecified atom stereocenters. The minimum absolute atomic E-state index is 0.797. The van der Waals surface area contributed by atoms with E-state index >= 15 is 0 Å². The maximum Gasteiger partial charge on any atom is 0.471 e. The molecule has 0 aliphatic carbocycles. The summed E-state index contributed by atoms with van der Waals surface area (Å²) in [5.41, 5.74) is 0. The second-order valence-electron chi connectivity index (χ2n) is 2.88. The van der Waals surface area contributed by atoms with Gasteiger partial charge in [0.15, 0.2) is 0 Å². The Bertz CT molecular complexity index is 275. The summed E-state index contributed by atoms with van der Waals surface area (Å²) < 4.78 is 35.4. The van der Waals surface area contributed by atoms with Gasteiger partial charge in [0.1, 0.15) is 6.04 Å². The van der Waals surface area contributed by atoms with Crippen LogP contribution in [-0.2, 0) is 9.59 Å². The van der Waals surface area contributed by atoms with Crippen molar-refractivity contribution >= 4 is 11.9 Å². The largest absolute Gasteiger partial charge is 0.480 e. The van der Waals surface area contributed by atoms with Gasteiger partial charge in [-0.1, -0.05) is 13.0 Å². The van der Waals surface area contributed by atoms with E-state index in [1.807, 2.05) is 0 Å². The van der Waals surface area contributed by atoms with E-state index in [2.05, 4.69) is 6.58 Å². The van der Waals surface area contributed by atoms with Crippen LogP contribution in [0.2, 0.25) is 0 Å². The van der Waals surface area contributed by atoms with Gasteiger partial charge < -0.3 is 10.4 Å². The van der Waals surface area contributed by atoms with Gasteiger partial charge in [0.25, 0.3) is 0 Å². The number of carboxylic acid groups (broad SMARTS) is 1. The standard InChI is InChI=1S/C8H10F3NO3/c1-3-4(2)5(6(13)14)12-7(15)8(9,10)11/h3-5H,1H2,2H3,(H,12,15)(H,13,14)/t4-,5-/m0/s1. The van der Waals surface area contributed by atoms with Crippen LogP contribution in [0.3, 0.4) is 0 Å². The maximum absolute atomic E-state index is 11.8. The first-order chi connectivity index (χ1) is 6.70. The summed E-state index contributed by atoms with van der Waals surface area (Å²) in [5.74, 6) is -4.61. The number of aliphatic carboxylic acids is 1. The zero-order valence-electron chi connectivity index (χ0n) is 7.84. The lowest BCUT2D eigenvalue weighted by Gasteiger charge is -2.19. The molecule has 1 amide bonds. The molecule has 2 N–H and O–H groups in total. The van der Waals surface area contributed by atoms with Crippen molar-refractivity contribution in [2.45, 2.75) is 19.1 Å². The summed E-state index contributed by atoms with van der Waals surface area (Å²) in [6, 6.07) is -1.63. The van der Waals surface area contributed by atoms with E-state index in [4.69, 9.17) is 5.11 Å². The highest BCUT2D eigenvalue weighted by molar-refractivity contribution is 5.87. The minimum Gasteiger partial charge on any atom is -0.480 e. The van der Waals surface area contributed by atoms with Crippen LogP contribution in [0.4, 0.5) is 13.2 Å². The molecule has 0 aromatic carbocycles. The Morgan fingerprint density at radius 3 is 2.20 bits per heavy atom. The first-order valence-electron chi connectivity index (χ1n) is 3.93. The van der Waals surface area contributed by atoms with Crippen molar-refractivity contribution in [2.75, 3.05) is 0 Å². The van der Waals surface area contributed by atoms with E-state index in [1.54, 1.807) is 0 Å². The third-order valence-electron chi connectivity index (χ3n) is 1.71. The number of carbonyl (C=O) groups excluding carboxylic acids is 1. The van der Waals surface area contributed by atoms with E-state index in [0.717, 1.165) is 6.08 Å². The molecular formula is C8H10F3NO3. The molecule has 15 heavy (non-hydrogen) atoms. The summed E-state index contributed by atoms with van der Waals surface area (Å²) >= 11 is 0. The van der Waals surface area contributed by atoms with Gasteiger partial charge in [-0.2, -0.15) is 13.2 Å². The van der Waals surface area contributed by atoms with Crippen LogP contribution < -0.4 is 5.32 Å². The molecule has 0 heterocycles. The molecule has 0 saturated carbocycles. The number of rotatable bonds is 4. The van der Waals surface area contributed by atoms with E-state index in [9.17, 15) is 22.8 Å². The van der Waals surface area contributed by atoms with Gasteiger partial charge in [0, 0.05) is 5.92 Å². The van der Waals surface area contributed by atoms with Crippen LogP contribution in [0.5, 0.6) is 0 Å². The Morgan fingerprint density at radius 1 is 1.47 bits per heavy atom. The zero-order chi connectivity index (χ0) is 12.2. The third-order valence-corrected chi connectivity index (χ3v) is 1.71. The molecule has 0 aromatic heterocycles. The Kier molecular flexibility index (Phi) is 4.32. The van der Waals surface area contributed by atoms with Gasteiger partial charge in [0.05, 0.1) is 0 Å². The molecule has 86 valence electrons. The van der Waals surface area contributed by atoms with Crippen molar-refractivity contribution in [1.82, 2.24) is 5.32 Å². The molecule has 7 heteroatoms. The average Bonchev–Trinajstić information content (AvgIpc) is 2.10. The lowest BCUT2D eigenvalue weighted by atomic mass is 10.0. The summed E-state index contributed by atoms with van der Waals surface area (Å²) in [6.07, 6.45) is -3.94. The molecule has 0 aliphatic heterocycles. The second kappa shape index (κ2) is 4.81. The molecule has 0 fully saturated rings. The van der Waals surface area contributed by atoms with Crippen molar-refractivity contribution in [3.05, 3.63) is 12.7 Å².